The van der Waals surface area contributed by atoms with Gasteiger partial charge in [-0.1, -0.05) is 23.8 Å². The smallest absolute Gasteiger partial charge is 0.258 e. The molecule has 1 rings (SSSR count). The first-order valence-electron chi connectivity index (χ1n) is 3.92. The number of benzene rings is 1. The molecule has 0 aliphatic carbocycles. The van der Waals surface area contributed by atoms with E-state index in [1.165, 1.54) is 6.08 Å². The fourth-order valence-corrected chi connectivity index (χ4v) is 1.30. The maximum absolute atomic E-state index is 13.1. The predicted molar refractivity (Wildman–Crippen MR) is 57.8 cm³/mol. The molecular weight excluding hydrogens is 244 g/mol. The first kappa shape index (κ1) is 11.9. The molecule has 1 aromatic carbocycles. The van der Waals surface area contributed by atoms with Crippen LogP contribution < -0.4 is 0 Å². The molecule has 6 heteroatoms. The van der Waals surface area contributed by atoms with Crippen molar-refractivity contribution >= 4 is 35.0 Å². The van der Waals surface area contributed by atoms with Gasteiger partial charge in [0.15, 0.2) is 0 Å². The molecule has 0 unspecified atom stereocenters. The number of allylic oxidation sites excluding steroid dienone is 1. The van der Waals surface area contributed by atoms with Crippen LogP contribution >= 0.6 is 23.2 Å². The van der Waals surface area contributed by atoms with E-state index < -0.39 is 16.4 Å². The van der Waals surface area contributed by atoms with Crippen LogP contribution in [0.15, 0.2) is 18.2 Å². The summed E-state index contributed by atoms with van der Waals surface area (Å²) in [5.41, 5.74) is -0.275. The summed E-state index contributed by atoms with van der Waals surface area (Å²) in [5.74, 6) is -0.659. The van der Waals surface area contributed by atoms with Gasteiger partial charge in [-0.25, -0.2) is 0 Å². The summed E-state index contributed by atoms with van der Waals surface area (Å²) >= 11 is 11.1. The maximum Gasteiger partial charge on any atom is 0.306 e. The molecule has 0 N–H and O–H groups in total. The molecule has 0 aliphatic heterocycles. The first-order chi connectivity index (χ1) is 7.06. The Bertz CT molecular complexity index is 421. The second kappa shape index (κ2) is 5.09. The van der Waals surface area contributed by atoms with Gasteiger partial charge < -0.3 is 0 Å². The summed E-state index contributed by atoms with van der Waals surface area (Å²) in [6.45, 7) is 0. The Hall–Kier alpha value is -1.13. The van der Waals surface area contributed by atoms with Gasteiger partial charge in [0.25, 0.3) is 0 Å². The minimum Gasteiger partial charge on any atom is -0.258 e. The van der Waals surface area contributed by atoms with E-state index in [1.807, 2.05) is 0 Å². The van der Waals surface area contributed by atoms with Crippen LogP contribution in [0.25, 0.3) is 6.08 Å². The van der Waals surface area contributed by atoms with E-state index in [-0.39, 0.29) is 10.9 Å². The normalized spacial score (nSPS) is 10.9. The van der Waals surface area contributed by atoms with Gasteiger partial charge in [-0.2, -0.15) is 4.39 Å². The highest BCUT2D eigenvalue weighted by Gasteiger charge is 2.16. The molecule has 15 heavy (non-hydrogen) atoms. The molecule has 0 saturated heterocycles. The number of hydrogen-bond donors (Lipinski definition) is 0. The molecule has 1 aromatic rings. The summed E-state index contributed by atoms with van der Waals surface area (Å²) in [4.78, 5) is 9.54. The fourth-order valence-electron chi connectivity index (χ4n) is 0.991. The average molecular weight is 250 g/mol. The molecule has 0 fully saturated rings. The van der Waals surface area contributed by atoms with Crippen LogP contribution in [0.4, 0.5) is 10.1 Å². The third-order valence-electron chi connectivity index (χ3n) is 1.65. The van der Waals surface area contributed by atoms with Crippen molar-refractivity contribution in [3.05, 3.63) is 44.7 Å². The van der Waals surface area contributed by atoms with Gasteiger partial charge in [-0.15, -0.1) is 11.6 Å². The molecule has 3 nitrogen and oxygen atoms in total. The lowest BCUT2D eigenvalue weighted by Crippen LogP contribution is -1.93. The quantitative estimate of drug-likeness (QED) is 0.467. The Labute approximate surface area is 95.3 Å². The van der Waals surface area contributed by atoms with Crippen LogP contribution in [0.5, 0.6) is 0 Å². The SMILES string of the molecule is O=[N+]([O-])c1cc(Cl)c(C=CCCl)cc1F. The molecule has 0 aliphatic rings. The highest BCUT2D eigenvalue weighted by molar-refractivity contribution is 6.32. The van der Waals surface area contributed by atoms with Gasteiger partial charge in [-0.05, 0) is 11.6 Å². The Morgan fingerprint density at radius 2 is 2.20 bits per heavy atom. The monoisotopic (exact) mass is 249 g/mol. The zero-order chi connectivity index (χ0) is 11.4. The molecular formula is C9H6Cl2FNO2. The van der Waals surface area contributed by atoms with E-state index in [2.05, 4.69) is 0 Å². The second-order valence-electron chi connectivity index (χ2n) is 2.64. The van der Waals surface area contributed by atoms with Gasteiger partial charge in [0, 0.05) is 11.9 Å². The number of rotatable bonds is 3. The molecule has 0 heterocycles. The van der Waals surface area contributed by atoms with Gasteiger partial charge in [0.05, 0.1) is 9.95 Å². The molecule has 0 amide bonds. The molecule has 0 atom stereocenters. The van der Waals surface area contributed by atoms with Crippen molar-refractivity contribution in [2.45, 2.75) is 0 Å². The van der Waals surface area contributed by atoms with E-state index in [4.69, 9.17) is 23.2 Å². The molecule has 80 valence electrons. The molecule has 0 spiro atoms. The third-order valence-corrected chi connectivity index (χ3v) is 2.15. The number of nitro groups is 1. The minimum atomic E-state index is -0.918. The lowest BCUT2D eigenvalue weighted by Gasteiger charge is -1.99. The fraction of sp³-hybridized carbons (Fsp3) is 0.111. The third kappa shape index (κ3) is 2.91. The predicted octanol–water partition coefficient (Wildman–Crippen LogP) is 3.64. The van der Waals surface area contributed by atoms with Crippen molar-refractivity contribution in [3.8, 4) is 0 Å². The van der Waals surface area contributed by atoms with Crippen LogP contribution in [-0.2, 0) is 0 Å². The molecule has 0 saturated carbocycles. The van der Waals surface area contributed by atoms with Crippen molar-refractivity contribution in [1.82, 2.24) is 0 Å². The number of hydrogen-bond acceptors (Lipinski definition) is 2. The van der Waals surface area contributed by atoms with Gasteiger partial charge in [-0.3, -0.25) is 10.1 Å². The lowest BCUT2D eigenvalue weighted by atomic mass is 10.2. The minimum absolute atomic E-state index is 0.115. The van der Waals surface area contributed by atoms with Crippen molar-refractivity contribution in [2.24, 2.45) is 0 Å². The number of nitro benzene ring substituents is 1. The maximum atomic E-state index is 13.1. The van der Waals surface area contributed by atoms with Crippen LogP contribution in [-0.4, -0.2) is 10.8 Å². The summed E-state index contributed by atoms with van der Waals surface area (Å²) in [7, 11) is 0. The Morgan fingerprint density at radius 1 is 1.53 bits per heavy atom. The average Bonchev–Trinajstić information content (AvgIpc) is 2.18. The van der Waals surface area contributed by atoms with E-state index in [0.717, 1.165) is 12.1 Å². The number of alkyl halides is 1. The van der Waals surface area contributed by atoms with Crippen LogP contribution in [0.2, 0.25) is 5.02 Å². The highest BCUT2D eigenvalue weighted by Crippen LogP contribution is 2.26. The summed E-state index contributed by atoms with van der Waals surface area (Å²) in [6.07, 6.45) is 3.07. The Kier molecular flexibility index (Phi) is 4.05. The molecule has 0 aromatic heterocycles. The number of halogens is 3. The Morgan fingerprint density at radius 3 is 2.73 bits per heavy atom. The van der Waals surface area contributed by atoms with E-state index >= 15 is 0 Å². The van der Waals surface area contributed by atoms with E-state index in [1.54, 1.807) is 6.08 Å². The number of nitrogens with zero attached hydrogens (tertiary/aromatic N) is 1. The zero-order valence-corrected chi connectivity index (χ0v) is 8.93. The standard InChI is InChI=1S/C9H6Cl2FNO2/c10-3-1-2-6-4-8(12)9(13(14)15)5-7(6)11/h1-2,4-5H,3H2. The molecule has 0 bridgehead atoms. The highest BCUT2D eigenvalue weighted by atomic mass is 35.5. The zero-order valence-electron chi connectivity index (χ0n) is 7.41. The van der Waals surface area contributed by atoms with Crippen LogP contribution in [0, 0.1) is 15.9 Å². The lowest BCUT2D eigenvalue weighted by molar-refractivity contribution is -0.387. The van der Waals surface area contributed by atoms with Crippen molar-refractivity contribution < 1.29 is 9.31 Å². The molecule has 0 radical (unpaired) electrons. The first-order valence-corrected chi connectivity index (χ1v) is 4.83. The van der Waals surface area contributed by atoms with Crippen molar-refractivity contribution in [2.75, 3.05) is 5.88 Å². The largest absolute Gasteiger partial charge is 0.306 e. The van der Waals surface area contributed by atoms with Gasteiger partial charge in [0.2, 0.25) is 5.82 Å². The van der Waals surface area contributed by atoms with E-state index in [0.29, 0.717) is 5.56 Å². The van der Waals surface area contributed by atoms with Gasteiger partial charge in [0.1, 0.15) is 0 Å². The van der Waals surface area contributed by atoms with Gasteiger partial charge >= 0.3 is 5.69 Å². The summed E-state index contributed by atoms with van der Waals surface area (Å²) in [6, 6.07) is 1.98. The topological polar surface area (TPSA) is 43.1 Å². The van der Waals surface area contributed by atoms with Crippen molar-refractivity contribution in [1.29, 1.82) is 0 Å². The van der Waals surface area contributed by atoms with Crippen LogP contribution in [0.1, 0.15) is 5.56 Å². The Balaban J connectivity index is 3.19. The second-order valence-corrected chi connectivity index (χ2v) is 3.35. The van der Waals surface area contributed by atoms with Crippen molar-refractivity contribution in [3.63, 3.8) is 0 Å². The summed E-state index contributed by atoms with van der Waals surface area (Å²) in [5, 5.41) is 10.5. The van der Waals surface area contributed by atoms with E-state index in [9.17, 15) is 14.5 Å². The van der Waals surface area contributed by atoms with Crippen LogP contribution in [0.3, 0.4) is 0 Å². The summed E-state index contributed by atoms with van der Waals surface area (Å²) < 4.78 is 13.1.